The molecular weight excluding hydrogens is 262 g/mol. The van der Waals surface area contributed by atoms with E-state index in [1.165, 1.54) is 11.8 Å². The first-order valence-corrected chi connectivity index (χ1v) is 7.23. The van der Waals surface area contributed by atoms with Crippen molar-refractivity contribution in [3.63, 3.8) is 0 Å². The summed E-state index contributed by atoms with van der Waals surface area (Å²) in [4.78, 5) is 16.0. The lowest BCUT2D eigenvalue weighted by Gasteiger charge is -2.04. The van der Waals surface area contributed by atoms with Crippen molar-refractivity contribution in [2.24, 2.45) is 0 Å². The number of carbonyl (C=O) groups excluding carboxylic acids is 1. The summed E-state index contributed by atoms with van der Waals surface area (Å²) in [7, 11) is 0. The highest BCUT2D eigenvalue weighted by Gasteiger charge is 2.23. The van der Waals surface area contributed by atoms with E-state index in [1.54, 1.807) is 0 Å². The Morgan fingerprint density at radius 2 is 2.26 bits per heavy atom. The van der Waals surface area contributed by atoms with Crippen LogP contribution in [0.1, 0.15) is 24.4 Å². The maximum Gasteiger partial charge on any atom is 0.230 e. The average molecular weight is 277 g/mol. The summed E-state index contributed by atoms with van der Waals surface area (Å²) in [6, 6.07) is 2.28. The van der Waals surface area contributed by atoms with Crippen molar-refractivity contribution in [3.8, 4) is 0 Å². The molecule has 3 rings (SSSR count). The Kier molecular flexibility index (Phi) is 3.14. The van der Waals surface area contributed by atoms with E-state index >= 15 is 0 Å². The Balaban J connectivity index is 1.75. The maximum atomic E-state index is 11.7. The van der Waals surface area contributed by atoms with Gasteiger partial charge < -0.3 is 5.32 Å². The van der Waals surface area contributed by atoms with Gasteiger partial charge in [-0.3, -0.25) is 9.20 Å². The van der Waals surface area contributed by atoms with Gasteiger partial charge in [0.15, 0.2) is 10.8 Å². The summed E-state index contributed by atoms with van der Waals surface area (Å²) < 4.78 is 1.88. The molecule has 1 fully saturated rings. The Bertz CT molecular complexity index is 634. The van der Waals surface area contributed by atoms with Crippen LogP contribution >= 0.6 is 11.8 Å². The second-order valence-electron chi connectivity index (χ2n) is 4.75. The Labute approximate surface area is 115 Å². The Hall–Kier alpha value is -1.63. The Morgan fingerprint density at radius 1 is 1.47 bits per heavy atom. The van der Waals surface area contributed by atoms with Crippen molar-refractivity contribution in [3.05, 3.63) is 17.6 Å². The first kappa shape index (κ1) is 12.4. The van der Waals surface area contributed by atoms with Crippen molar-refractivity contribution in [1.82, 2.24) is 24.9 Å². The first-order valence-electron chi connectivity index (χ1n) is 6.25. The molecule has 1 aliphatic rings. The van der Waals surface area contributed by atoms with Gasteiger partial charge in [0.05, 0.1) is 5.75 Å². The number of aromatic nitrogens is 4. The summed E-state index contributed by atoms with van der Waals surface area (Å²) in [5, 5.41) is 11.9. The van der Waals surface area contributed by atoms with Crippen LogP contribution < -0.4 is 5.32 Å². The lowest BCUT2D eigenvalue weighted by atomic mass is 10.4. The fourth-order valence-corrected chi connectivity index (χ4v) is 2.72. The quantitative estimate of drug-likeness (QED) is 0.848. The number of nitrogens with one attached hydrogen (secondary N) is 1. The molecule has 1 aliphatic carbocycles. The van der Waals surface area contributed by atoms with Gasteiger partial charge in [0, 0.05) is 17.8 Å². The molecule has 0 aliphatic heterocycles. The summed E-state index contributed by atoms with van der Waals surface area (Å²) in [6.07, 6.45) is 2.21. The van der Waals surface area contributed by atoms with E-state index in [1.807, 2.05) is 24.3 Å². The fourth-order valence-electron chi connectivity index (χ4n) is 1.92. The molecule has 100 valence electrons. The molecule has 7 heteroatoms. The van der Waals surface area contributed by atoms with Gasteiger partial charge >= 0.3 is 0 Å². The van der Waals surface area contributed by atoms with Crippen molar-refractivity contribution in [1.29, 1.82) is 0 Å². The number of carbonyl (C=O) groups is 1. The van der Waals surface area contributed by atoms with E-state index in [9.17, 15) is 4.79 Å². The second-order valence-corrected chi connectivity index (χ2v) is 5.69. The second kappa shape index (κ2) is 4.80. The Morgan fingerprint density at radius 3 is 3.00 bits per heavy atom. The number of thioether (sulfide) groups is 1. The van der Waals surface area contributed by atoms with Crippen molar-refractivity contribution >= 4 is 23.3 Å². The monoisotopic (exact) mass is 277 g/mol. The number of fused-ring (bicyclic) bond motifs is 1. The standard InChI is InChI=1S/C12H15N5OS/c1-7-5-10-15-16-12(17(10)8(2)13-7)19-6-11(18)14-9-3-4-9/h5,9H,3-4,6H2,1-2H3,(H,14,18). The SMILES string of the molecule is Cc1cc2nnc(SCC(=O)NC3CC3)n2c(C)n1. The molecule has 0 atom stereocenters. The largest absolute Gasteiger partial charge is 0.353 e. The highest BCUT2D eigenvalue weighted by atomic mass is 32.2. The van der Waals surface area contributed by atoms with Gasteiger partial charge in [-0.25, -0.2) is 4.98 Å². The summed E-state index contributed by atoms with van der Waals surface area (Å²) in [5.74, 6) is 1.26. The number of aryl methyl sites for hydroxylation is 2. The van der Waals surface area contributed by atoms with Crippen LogP contribution in [0.4, 0.5) is 0 Å². The number of amides is 1. The van der Waals surface area contributed by atoms with E-state index in [0.29, 0.717) is 17.0 Å². The molecule has 6 nitrogen and oxygen atoms in total. The molecule has 2 aromatic rings. The molecule has 1 amide bonds. The van der Waals surface area contributed by atoms with E-state index in [0.717, 1.165) is 30.0 Å². The van der Waals surface area contributed by atoms with Gasteiger partial charge in [-0.05, 0) is 26.7 Å². The van der Waals surface area contributed by atoms with Gasteiger partial charge in [-0.1, -0.05) is 11.8 Å². The lowest BCUT2D eigenvalue weighted by molar-refractivity contribution is -0.118. The van der Waals surface area contributed by atoms with Crippen LogP contribution in [0.2, 0.25) is 0 Å². The smallest absolute Gasteiger partial charge is 0.230 e. The van der Waals surface area contributed by atoms with Crippen LogP contribution in [0.5, 0.6) is 0 Å². The number of rotatable bonds is 4. The first-order chi connectivity index (χ1) is 9.13. The molecular formula is C12H15N5OS. The third-order valence-electron chi connectivity index (χ3n) is 2.93. The minimum absolute atomic E-state index is 0.0574. The minimum atomic E-state index is 0.0574. The molecule has 2 heterocycles. The minimum Gasteiger partial charge on any atom is -0.353 e. The van der Waals surface area contributed by atoms with Crippen LogP contribution in [-0.4, -0.2) is 37.3 Å². The molecule has 0 saturated heterocycles. The normalized spacial score (nSPS) is 14.8. The summed E-state index contributed by atoms with van der Waals surface area (Å²) in [5.41, 5.74) is 1.69. The predicted molar refractivity (Wildman–Crippen MR) is 72.1 cm³/mol. The van der Waals surface area contributed by atoms with Crippen molar-refractivity contribution < 1.29 is 4.79 Å². The molecule has 0 aromatic carbocycles. The maximum absolute atomic E-state index is 11.7. The van der Waals surface area contributed by atoms with E-state index in [4.69, 9.17) is 0 Å². The van der Waals surface area contributed by atoms with Gasteiger partial charge in [-0.2, -0.15) is 0 Å². The van der Waals surface area contributed by atoms with Crippen LogP contribution in [-0.2, 0) is 4.79 Å². The predicted octanol–water partition coefficient (Wildman–Crippen LogP) is 1.11. The van der Waals surface area contributed by atoms with Crippen LogP contribution in [0.15, 0.2) is 11.2 Å². The third kappa shape index (κ3) is 2.70. The summed E-state index contributed by atoms with van der Waals surface area (Å²) in [6.45, 7) is 3.84. The molecule has 1 N–H and O–H groups in total. The molecule has 0 unspecified atom stereocenters. The van der Waals surface area contributed by atoms with Crippen molar-refractivity contribution in [2.75, 3.05) is 5.75 Å². The van der Waals surface area contributed by atoms with Crippen LogP contribution in [0.25, 0.3) is 5.65 Å². The van der Waals surface area contributed by atoms with Crippen LogP contribution in [0, 0.1) is 13.8 Å². The average Bonchev–Trinajstić information content (AvgIpc) is 3.05. The highest BCUT2D eigenvalue weighted by molar-refractivity contribution is 7.99. The summed E-state index contributed by atoms with van der Waals surface area (Å²) >= 11 is 1.39. The molecule has 19 heavy (non-hydrogen) atoms. The highest BCUT2D eigenvalue weighted by Crippen LogP contribution is 2.21. The zero-order chi connectivity index (χ0) is 13.4. The van der Waals surface area contributed by atoms with Gasteiger partial charge in [0.2, 0.25) is 5.91 Å². The van der Waals surface area contributed by atoms with E-state index in [2.05, 4.69) is 20.5 Å². The van der Waals surface area contributed by atoms with Crippen molar-refractivity contribution in [2.45, 2.75) is 37.9 Å². The fraction of sp³-hybridized carbons (Fsp3) is 0.500. The van der Waals surface area contributed by atoms with E-state index < -0.39 is 0 Å². The number of nitrogens with zero attached hydrogens (tertiary/aromatic N) is 4. The zero-order valence-corrected chi connectivity index (χ0v) is 11.7. The molecule has 0 spiro atoms. The zero-order valence-electron chi connectivity index (χ0n) is 10.9. The van der Waals surface area contributed by atoms with Gasteiger partial charge in [-0.15, -0.1) is 10.2 Å². The molecule has 0 radical (unpaired) electrons. The molecule has 0 bridgehead atoms. The molecule has 1 saturated carbocycles. The van der Waals surface area contributed by atoms with Crippen LogP contribution in [0.3, 0.4) is 0 Å². The lowest BCUT2D eigenvalue weighted by Crippen LogP contribution is -2.27. The van der Waals surface area contributed by atoms with E-state index in [-0.39, 0.29) is 5.91 Å². The van der Waals surface area contributed by atoms with Gasteiger partial charge in [0.1, 0.15) is 5.82 Å². The number of hydrogen-bond donors (Lipinski definition) is 1. The van der Waals surface area contributed by atoms with Gasteiger partial charge in [0.25, 0.3) is 0 Å². The topological polar surface area (TPSA) is 72.2 Å². The third-order valence-corrected chi connectivity index (χ3v) is 3.86. The molecule has 2 aromatic heterocycles. The number of hydrogen-bond acceptors (Lipinski definition) is 5.